The van der Waals surface area contributed by atoms with Crippen molar-refractivity contribution in [3.8, 4) is 17.3 Å². The summed E-state index contributed by atoms with van der Waals surface area (Å²) in [6, 6.07) is 6.58. The smallest absolute Gasteiger partial charge is 0.434 e. The van der Waals surface area contributed by atoms with Gasteiger partial charge in [-0.05, 0) is 31.2 Å². The van der Waals surface area contributed by atoms with Crippen molar-refractivity contribution < 1.29 is 27.1 Å². The van der Waals surface area contributed by atoms with E-state index in [-0.39, 0.29) is 29.6 Å². The van der Waals surface area contributed by atoms with Gasteiger partial charge in [0.2, 0.25) is 5.88 Å². The minimum absolute atomic E-state index is 0.0157. The first-order valence-corrected chi connectivity index (χ1v) is 10.7. The summed E-state index contributed by atoms with van der Waals surface area (Å²) < 4.78 is 57.5. The minimum atomic E-state index is -4.58. The molecule has 0 unspecified atom stereocenters. The topological polar surface area (TPSA) is 81.1 Å². The first-order chi connectivity index (χ1) is 16.3. The van der Waals surface area contributed by atoms with Gasteiger partial charge in [-0.1, -0.05) is 18.2 Å². The van der Waals surface area contributed by atoms with Crippen molar-refractivity contribution in [2.45, 2.75) is 37.6 Å². The van der Waals surface area contributed by atoms with Crippen LogP contribution in [0.4, 0.5) is 17.6 Å². The van der Waals surface area contributed by atoms with Crippen LogP contribution in [-0.2, 0) is 6.18 Å². The van der Waals surface area contributed by atoms with Crippen LogP contribution >= 0.6 is 0 Å². The average molecular weight is 473 g/mol. The number of amides is 1. The summed E-state index contributed by atoms with van der Waals surface area (Å²) in [5.74, 6) is -0.397. The van der Waals surface area contributed by atoms with Gasteiger partial charge in [-0.15, -0.1) is 0 Å². The number of piperidine rings is 2. The largest absolute Gasteiger partial charge is 0.471 e. The third kappa shape index (κ3) is 4.29. The predicted molar refractivity (Wildman–Crippen MR) is 111 cm³/mol. The van der Waals surface area contributed by atoms with Gasteiger partial charge in [-0.25, -0.2) is 24.3 Å². The Hall–Kier alpha value is -3.63. The zero-order valence-corrected chi connectivity index (χ0v) is 17.7. The minimum Gasteiger partial charge on any atom is -0.471 e. The molecule has 7 nitrogen and oxygen atoms in total. The summed E-state index contributed by atoms with van der Waals surface area (Å²) in [4.78, 5) is 30.5. The quantitative estimate of drug-likeness (QED) is 0.530. The summed E-state index contributed by atoms with van der Waals surface area (Å²) >= 11 is 0. The van der Waals surface area contributed by atoms with Crippen molar-refractivity contribution in [3.05, 3.63) is 66.1 Å². The molecule has 3 atom stereocenters. The number of benzene rings is 1. The summed E-state index contributed by atoms with van der Waals surface area (Å²) in [5.41, 5.74) is -0.226. The number of alkyl halides is 3. The number of fused-ring (bicyclic) bond motifs is 3. The van der Waals surface area contributed by atoms with Gasteiger partial charge < -0.3 is 9.64 Å². The van der Waals surface area contributed by atoms with E-state index in [2.05, 4.69) is 19.9 Å². The van der Waals surface area contributed by atoms with E-state index in [0.29, 0.717) is 36.7 Å². The molecule has 6 rings (SSSR count). The van der Waals surface area contributed by atoms with Crippen molar-refractivity contribution in [2.24, 2.45) is 5.92 Å². The van der Waals surface area contributed by atoms with Crippen LogP contribution in [0.2, 0.25) is 0 Å². The lowest BCUT2D eigenvalue weighted by Gasteiger charge is -2.49. The summed E-state index contributed by atoms with van der Waals surface area (Å²) in [7, 11) is 0. The zero-order valence-electron chi connectivity index (χ0n) is 17.7. The highest BCUT2D eigenvalue weighted by Gasteiger charge is 2.45. The standard InChI is InChI=1S/C23H19F4N5O2/c24-14-8-30-21(31-9-14)15-3-1-2-4-16(15)22(33)32-12-13-5-6-17(32)18(7-13)34-20-11-28-19(10-29-20)23(25,26)27/h1-4,8-11,13,17-18H,5-7,12H2/t13-,17-,18+/m0/s1. The molecule has 2 bridgehead atoms. The summed E-state index contributed by atoms with van der Waals surface area (Å²) in [6.45, 7) is 0.542. The Balaban J connectivity index is 1.38. The first-order valence-electron chi connectivity index (χ1n) is 10.7. The van der Waals surface area contributed by atoms with E-state index in [1.807, 2.05) is 0 Å². The third-order valence-electron chi connectivity index (χ3n) is 6.19. The van der Waals surface area contributed by atoms with Crippen molar-refractivity contribution in [3.63, 3.8) is 0 Å². The molecule has 34 heavy (non-hydrogen) atoms. The molecule has 1 amide bonds. The number of halogens is 4. The lowest BCUT2D eigenvalue weighted by molar-refractivity contribution is -0.141. The molecule has 0 spiro atoms. The number of hydrogen-bond donors (Lipinski definition) is 0. The Kier molecular flexibility index (Phi) is 5.62. The fourth-order valence-corrected chi connectivity index (χ4v) is 4.64. The predicted octanol–water partition coefficient (Wildman–Crippen LogP) is 4.16. The number of nitrogens with zero attached hydrogens (tertiary/aromatic N) is 5. The maximum Gasteiger partial charge on any atom is 0.434 e. The van der Waals surface area contributed by atoms with E-state index in [9.17, 15) is 22.4 Å². The van der Waals surface area contributed by atoms with Crippen molar-refractivity contribution in [2.75, 3.05) is 6.54 Å². The molecule has 2 aromatic heterocycles. The normalized spacial score (nSPS) is 22.0. The van der Waals surface area contributed by atoms with E-state index in [1.54, 1.807) is 29.2 Å². The van der Waals surface area contributed by atoms with Crippen LogP contribution in [0.1, 0.15) is 35.3 Å². The molecule has 1 aromatic carbocycles. The maximum atomic E-state index is 13.6. The second kappa shape index (κ2) is 8.62. The lowest BCUT2D eigenvalue weighted by Crippen LogP contribution is -2.59. The van der Waals surface area contributed by atoms with Crippen LogP contribution in [0.15, 0.2) is 49.1 Å². The highest BCUT2D eigenvalue weighted by molar-refractivity contribution is 6.00. The maximum absolute atomic E-state index is 13.6. The number of carbonyl (C=O) groups excluding carboxylic acids is 1. The SMILES string of the molecule is O=C(c1ccccc1-c1ncc(F)cn1)N1C[C@H]2CC[C@H]1[C@H](Oc1cnc(C(F)(F)F)cn1)C2. The number of aromatic nitrogens is 4. The highest BCUT2D eigenvalue weighted by atomic mass is 19.4. The number of ether oxygens (including phenoxy) is 1. The first kappa shape index (κ1) is 22.2. The van der Waals surface area contributed by atoms with Crippen LogP contribution in [0, 0.1) is 11.7 Å². The highest BCUT2D eigenvalue weighted by Crippen LogP contribution is 2.38. The molecule has 0 N–H and O–H groups in total. The molecule has 1 saturated carbocycles. The van der Waals surface area contributed by atoms with Gasteiger partial charge in [0.25, 0.3) is 5.91 Å². The van der Waals surface area contributed by atoms with Gasteiger partial charge in [0.05, 0.1) is 36.4 Å². The molecule has 4 heterocycles. The van der Waals surface area contributed by atoms with Gasteiger partial charge in [0.1, 0.15) is 6.10 Å². The van der Waals surface area contributed by atoms with E-state index in [0.717, 1.165) is 25.0 Å². The molecule has 176 valence electrons. The lowest BCUT2D eigenvalue weighted by atomic mass is 9.77. The molecule has 1 aliphatic carbocycles. The Labute approximate surface area is 191 Å². The molecule has 2 aliphatic heterocycles. The van der Waals surface area contributed by atoms with E-state index in [4.69, 9.17) is 4.74 Å². The fourth-order valence-electron chi connectivity index (χ4n) is 4.64. The Bertz CT molecular complexity index is 1190. The second-order valence-electron chi connectivity index (χ2n) is 8.37. The molecule has 0 radical (unpaired) electrons. The summed E-state index contributed by atoms with van der Waals surface area (Å²) in [5, 5.41) is 0. The average Bonchev–Trinajstić information content (AvgIpc) is 2.84. The van der Waals surface area contributed by atoms with E-state index in [1.165, 1.54) is 0 Å². The van der Waals surface area contributed by atoms with Crippen LogP contribution in [0.5, 0.6) is 5.88 Å². The third-order valence-corrected chi connectivity index (χ3v) is 6.19. The van der Waals surface area contributed by atoms with Gasteiger partial charge in [-0.3, -0.25) is 4.79 Å². The Morgan fingerprint density at radius 3 is 2.44 bits per heavy atom. The monoisotopic (exact) mass is 473 g/mol. The zero-order chi connectivity index (χ0) is 23.9. The molecule has 3 aliphatic rings. The van der Waals surface area contributed by atoms with Crippen molar-refractivity contribution in [1.29, 1.82) is 0 Å². The van der Waals surface area contributed by atoms with Gasteiger partial charge in [0, 0.05) is 12.1 Å². The summed E-state index contributed by atoms with van der Waals surface area (Å²) in [6.07, 6.45) is 0.969. The molecule has 3 fully saturated rings. The molecule has 2 saturated heterocycles. The second-order valence-corrected chi connectivity index (χ2v) is 8.37. The number of hydrogen-bond acceptors (Lipinski definition) is 6. The van der Waals surface area contributed by atoms with Crippen LogP contribution in [0.25, 0.3) is 11.4 Å². The number of carbonyl (C=O) groups is 1. The van der Waals surface area contributed by atoms with Crippen LogP contribution in [-0.4, -0.2) is 49.4 Å². The molecular formula is C23H19F4N5O2. The molecule has 3 aromatic rings. The van der Waals surface area contributed by atoms with Gasteiger partial charge in [0.15, 0.2) is 17.3 Å². The van der Waals surface area contributed by atoms with Gasteiger partial charge in [-0.2, -0.15) is 13.2 Å². The van der Waals surface area contributed by atoms with Gasteiger partial charge >= 0.3 is 6.18 Å². The van der Waals surface area contributed by atoms with E-state index >= 15 is 0 Å². The molecular weight excluding hydrogens is 454 g/mol. The van der Waals surface area contributed by atoms with Crippen molar-refractivity contribution >= 4 is 5.91 Å². The van der Waals surface area contributed by atoms with Crippen LogP contribution in [0.3, 0.4) is 0 Å². The fraction of sp³-hybridized carbons (Fsp3) is 0.348. The Morgan fingerprint density at radius 1 is 1.00 bits per heavy atom. The van der Waals surface area contributed by atoms with Crippen molar-refractivity contribution in [1.82, 2.24) is 24.8 Å². The number of rotatable bonds is 4. The van der Waals surface area contributed by atoms with Crippen LogP contribution < -0.4 is 4.74 Å². The molecule has 11 heteroatoms. The Morgan fingerprint density at radius 2 is 1.76 bits per heavy atom. The van der Waals surface area contributed by atoms with E-state index < -0.39 is 23.8 Å².